The molecule has 3 aromatic heterocycles. The average molecular weight is 328 g/mol. The van der Waals surface area contributed by atoms with Gasteiger partial charge in [0.05, 0.1) is 5.69 Å². The van der Waals surface area contributed by atoms with Crippen molar-refractivity contribution in [2.75, 3.05) is 4.90 Å². The lowest BCUT2D eigenvalue weighted by Gasteiger charge is -2.16. The van der Waals surface area contributed by atoms with Gasteiger partial charge in [0.25, 0.3) is 0 Å². The number of carbonyl (C=O) groups excluding carboxylic acids is 1. The van der Waals surface area contributed by atoms with E-state index in [2.05, 4.69) is 10.1 Å². The monoisotopic (exact) mass is 328 g/mol. The highest BCUT2D eigenvalue weighted by atomic mass is 32.1. The minimum Gasteiger partial charge on any atom is -0.351 e. The van der Waals surface area contributed by atoms with Crippen LogP contribution < -0.4 is 10.6 Å². The molecule has 118 valence electrons. The molecule has 23 heavy (non-hydrogen) atoms. The molecular weight excluding hydrogens is 312 g/mol. The lowest BCUT2D eigenvalue weighted by molar-refractivity contribution is 0.254. The maximum Gasteiger partial charge on any atom is 0.327 e. The van der Waals surface area contributed by atoms with E-state index in [0.717, 1.165) is 16.8 Å². The van der Waals surface area contributed by atoms with Crippen LogP contribution in [-0.2, 0) is 0 Å². The van der Waals surface area contributed by atoms with Gasteiger partial charge in [-0.25, -0.2) is 9.69 Å². The molecule has 0 bridgehead atoms. The van der Waals surface area contributed by atoms with Crippen molar-refractivity contribution in [3.63, 3.8) is 0 Å². The molecule has 6 nitrogen and oxygen atoms in total. The molecule has 0 unspecified atom stereocenters. The predicted octanol–water partition coefficient (Wildman–Crippen LogP) is 4.14. The summed E-state index contributed by atoms with van der Waals surface area (Å²) < 4.78 is 5.33. The van der Waals surface area contributed by atoms with Crippen molar-refractivity contribution < 1.29 is 9.32 Å². The quantitative estimate of drug-likeness (QED) is 0.780. The van der Waals surface area contributed by atoms with Gasteiger partial charge in [-0.1, -0.05) is 19.0 Å². The van der Waals surface area contributed by atoms with Crippen LogP contribution in [0.1, 0.15) is 25.5 Å². The van der Waals surface area contributed by atoms with Gasteiger partial charge < -0.3 is 10.3 Å². The molecule has 0 aromatic carbocycles. The highest BCUT2D eigenvalue weighted by molar-refractivity contribution is 7.15. The number of carbonyl (C=O) groups is 1. The molecule has 2 N–H and O–H groups in total. The largest absolute Gasteiger partial charge is 0.351 e. The van der Waals surface area contributed by atoms with Gasteiger partial charge in [-0.2, -0.15) is 0 Å². The van der Waals surface area contributed by atoms with E-state index in [1.807, 2.05) is 37.4 Å². The third-order valence-electron chi connectivity index (χ3n) is 3.39. The molecule has 2 amide bonds. The highest BCUT2D eigenvalue weighted by Crippen LogP contribution is 2.40. The van der Waals surface area contributed by atoms with Gasteiger partial charge >= 0.3 is 6.03 Å². The van der Waals surface area contributed by atoms with Gasteiger partial charge in [0.2, 0.25) is 5.88 Å². The molecule has 3 aromatic rings. The first-order chi connectivity index (χ1) is 11.1. The zero-order valence-corrected chi connectivity index (χ0v) is 13.6. The molecule has 0 aliphatic heterocycles. The number of rotatable bonds is 4. The highest BCUT2D eigenvalue weighted by Gasteiger charge is 2.25. The van der Waals surface area contributed by atoms with E-state index in [9.17, 15) is 4.79 Å². The van der Waals surface area contributed by atoms with Gasteiger partial charge in [0.15, 0.2) is 0 Å². The summed E-state index contributed by atoms with van der Waals surface area (Å²) in [6, 6.07) is 6.82. The van der Waals surface area contributed by atoms with E-state index in [1.54, 1.807) is 18.5 Å². The number of anilines is 2. The van der Waals surface area contributed by atoms with E-state index in [0.29, 0.717) is 10.9 Å². The summed E-state index contributed by atoms with van der Waals surface area (Å²) in [7, 11) is 0. The van der Waals surface area contributed by atoms with Crippen LogP contribution in [0.2, 0.25) is 0 Å². The van der Waals surface area contributed by atoms with Crippen molar-refractivity contribution in [2.24, 2.45) is 5.73 Å². The summed E-state index contributed by atoms with van der Waals surface area (Å²) in [6.45, 7) is 4.01. The Hall–Kier alpha value is -2.67. The van der Waals surface area contributed by atoms with Crippen LogP contribution in [0, 0.1) is 0 Å². The first-order valence-electron chi connectivity index (χ1n) is 7.12. The predicted molar refractivity (Wildman–Crippen MR) is 89.9 cm³/mol. The molecule has 0 fully saturated rings. The van der Waals surface area contributed by atoms with Gasteiger partial charge in [-0.3, -0.25) is 4.98 Å². The Kier molecular flexibility index (Phi) is 4.12. The zero-order chi connectivity index (χ0) is 16.4. The number of pyridine rings is 1. The number of hydrogen-bond donors (Lipinski definition) is 1. The van der Waals surface area contributed by atoms with Crippen molar-refractivity contribution in [1.82, 2.24) is 10.1 Å². The first-order valence-corrected chi connectivity index (χ1v) is 8.00. The van der Waals surface area contributed by atoms with E-state index < -0.39 is 6.03 Å². The normalized spacial score (nSPS) is 10.9. The Bertz CT molecular complexity index is 810. The smallest absolute Gasteiger partial charge is 0.327 e. The second-order valence-corrected chi connectivity index (χ2v) is 6.19. The Labute approximate surface area is 137 Å². The fraction of sp³-hybridized carbons (Fsp3) is 0.188. The van der Waals surface area contributed by atoms with Crippen LogP contribution in [0.5, 0.6) is 0 Å². The average Bonchev–Trinajstić information content (AvgIpc) is 3.18. The summed E-state index contributed by atoms with van der Waals surface area (Å²) in [4.78, 5) is 17.4. The Morgan fingerprint density at radius 3 is 2.65 bits per heavy atom. The molecule has 3 rings (SSSR count). The minimum absolute atomic E-state index is 0.199. The van der Waals surface area contributed by atoms with Crippen molar-refractivity contribution >= 4 is 28.3 Å². The van der Waals surface area contributed by atoms with Gasteiger partial charge in [-0.15, -0.1) is 11.3 Å². The van der Waals surface area contributed by atoms with Crippen molar-refractivity contribution in [3.05, 3.63) is 47.7 Å². The standard InChI is InChI=1S/C16H16N4O2S/c1-10(2)13-9-14(22-19-13)20(16(17)21)15-12(5-8-23-15)11-3-6-18-7-4-11/h3-10H,1-2H3,(H2,17,21). The number of nitrogens with zero attached hydrogens (tertiary/aromatic N) is 3. The minimum atomic E-state index is -0.616. The first kappa shape index (κ1) is 15.2. The van der Waals surface area contributed by atoms with E-state index in [1.165, 1.54) is 16.2 Å². The molecule has 0 saturated heterocycles. The number of urea groups is 1. The number of hydrogen-bond acceptors (Lipinski definition) is 5. The van der Waals surface area contributed by atoms with Crippen LogP contribution in [0.3, 0.4) is 0 Å². The second-order valence-electron chi connectivity index (χ2n) is 5.29. The fourth-order valence-corrected chi connectivity index (χ4v) is 3.12. The Balaban J connectivity index is 2.06. The Morgan fingerprint density at radius 2 is 2.04 bits per heavy atom. The number of thiophene rings is 1. The maximum absolute atomic E-state index is 12.0. The zero-order valence-electron chi connectivity index (χ0n) is 12.8. The number of aromatic nitrogens is 2. The maximum atomic E-state index is 12.0. The van der Waals surface area contributed by atoms with E-state index in [-0.39, 0.29) is 5.92 Å². The number of primary amides is 1. The molecule has 0 saturated carbocycles. The van der Waals surface area contributed by atoms with Crippen LogP contribution in [-0.4, -0.2) is 16.2 Å². The molecule has 7 heteroatoms. The molecule has 3 heterocycles. The SMILES string of the molecule is CC(C)c1cc(N(C(N)=O)c2sccc2-c2ccncc2)on1. The van der Waals surface area contributed by atoms with Gasteiger partial charge in [-0.05, 0) is 35.1 Å². The van der Waals surface area contributed by atoms with Crippen LogP contribution >= 0.6 is 11.3 Å². The van der Waals surface area contributed by atoms with Crippen LogP contribution in [0.25, 0.3) is 11.1 Å². The lowest BCUT2D eigenvalue weighted by atomic mass is 10.1. The van der Waals surface area contributed by atoms with Crippen molar-refractivity contribution in [2.45, 2.75) is 19.8 Å². The molecule has 0 atom stereocenters. The topological polar surface area (TPSA) is 85.2 Å². The fourth-order valence-electron chi connectivity index (χ4n) is 2.19. The number of amides is 2. The second kappa shape index (κ2) is 6.21. The Morgan fingerprint density at radius 1 is 1.30 bits per heavy atom. The summed E-state index contributed by atoms with van der Waals surface area (Å²) in [5.41, 5.74) is 8.20. The molecule has 0 radical (unpaired) electrons. The summed E-state index contributed by atoms with van der Waals surface area (Å²) in [6.07, 6.45) is 3.41. The van der Waals surface area contributed by atoms with E-state index >= 15 is 0 Å². The third-order valence-corrected chi connectivity index (χ3v) is 4.29. The van der Waals surface area contributed by atoms with Crippen molar-refractivity contribution in [3.8, 4) is 11.1 Å². The molecular formula is C16H16N4O2S. The summed E-state index contributed by atoms with van der Waals surface area (Å²) in [5, 5.41) is 6.59. The van der Waals surface area contributed by atoms with E-state index in [4.69, 9.17) is 10.3 Å². The van der Waals surface area contributed by atoms with Crippen molar-refractivity contribution in [1.29, 1.82) is 0 Å². The third kappa shape index (κ3) is 2.95. The molecule has 0 aliphatic rings. The number of nitrogens with two attached hydrogens (primary N) is 1. The molecule has 0 aliphatic carbocycles. The van der Waals surface area contributed by atoms with Crippen LogP contribution in [0.4, 0.5) is 15.7 Å². The summed E-state index contributed by atoms with van der Waals surface area (Å²) in [5.74, 6) is 0.518. The lowest BCUT2D eigenvalue weighted by Crippen LogP contribution is -2.30. The summed E-state index contributed by atoms with van der Waals surface area (Å²) >= 11 is 1.41. The van der Waals surface area contributed by atoms with Gasteiger partial charge in [0, 0.05) is 24.0 Å². The molecule has 0 spiro atoms. The van der Waals surface area contributed by atoms with Gasteiger partial charge in [0.1, 0.15) is 5.00 Å². The van der Waals surface area contributed by atoms with Crippen LogP contribution in [0.15, 0.2) is 46.6 Å².